The molecule has 2 aliphatic carbocycles. The number of Topliss-reactive ketones (excluding diaryl/α,β-unsaturated/α-hetero) is 1. The Bertz CT molecular complexity index is 256. The van der Waals surface area contributed by atoms with E-state index in [0.717, 1.165) is 12.0 Å². The molecule has 0 amide bonds. The quantitative estimate of drug-likeness (QED) is 0.620. The molecule has 1 fully saturated rings. The summed E-state index contributed by atoms with van der Waals surface area (Å²) in [6, 6.07) is 0. The van der Waals surface area contributed by atoms with Gasteiger partial charge in [0.05, 0.1) is 0 Å². The molecule has 2 aliphatic rings. The molecule has 0 aromatic heterocycles. The lowest BCUT2D eigenvalue weighted by Gasteiger charge is -2.24. The van der Waals surface area contributed by atoms with Crippen LogP contribution in [0, 0.1) is 5.41 Å². The Kier molecular flexibility index (Phi) is 2.76. The molecule has 1 spiro atoms. The van der Waals surface area contributed by atoms with Gasteiger partial charge in [0.1, 0.15) is 0 Å². The average molecular weight is 192 g/mol. The molecule has 0 aliphatic heterocycles. The van der Waals surface area contributed by atoms with E-state index < -0.39 is 0 Å². The second kappa shape index (κ2) is 3.88. The molecule has 1 nitrogen and oxygen atoms in total. The fourth-order valence-electron chi connectivity index (χ4n) is 3.06. The minimum Gasteiger partial charge on any atom is -0.295 e. The number of ketones is 1. The summed E-state index contributed by atoms with van der Waals surface area (Å²) >= 11 is 0. The van der Waals surface area contributed by atoms with Gasteiger partial charge >= 0.3 is 0 Å². The minimum absolute atomic E-state index is 0.304. The van der Waals surface area contributed by atoms with E-state index in [9.17, 15) is 4.79 Å². The smallest absolute Gasteiger partial charge is 0.155 e. The molecule has 0 heterocycles. The molecule has 1 heteroatoms. The Hall–Kier alpha value is -0.590. The maximum Gasteiger partial charge on any atom is 0.155 e. The highest BCUT2D eigenvalue weighted by molar-refractivity contribution is 5.93. The van der Waals surface area contributed by atoms with E-state index in [-0.39, 0.29) is 0 Å². The van der Waals surface area contributed by atoms with Crippen molar-refractivity contribution in [1.82, 2.24) is 0 Å². The number of hydrogen-bond donors (Lipinski definition) is 0. The second-order valence-corrected chi connectivity index (χ2v) is 5.00. The molecular weight excluding hydrogens is 172 g/mol. The summed E-state index contributed by atoms with van der Waals surface area (Å²) in [4.78, 5) is 11.4. The third kappa shape index (κ3) is 1.92. The molecule has 2 rings (SSSR count). The number of carbonyl (C=O) groups is 1. The predicted molar refractivity (Wildman–Crippen MR) is 58.1 cm³/mol. The molecule has 0 bridgehead atoms. The Morgan fingerprint density at radius 2 is 1.71 bits per heavy atom. The summed E-state index contributed by atoms with van der Waals surface area (Å²) in [6.45, 7) is 1.72. The molecule has 78 valence electrons. The lowest BCUT2D eigenvalue weighted by molar-refractivity contribution is -0.113. The molecule has 0 atom stereocenters. The predicted octanol–water partition coefficient (Wildman–Crippen LogP) is 3.64. The molecule has 0 saturated heterocycles. The SMILES string of the molecule is CC(=O)C1=CC2(CCCC1)CCCC2. The number of rotatable bonds is 1. The zero-order valence-corrected chi connectivity index (χ0v) is 9.14. The van der Waals surface area contributed by atoms with Crippen molar-refractivity contribution in [3.63, 3.8) is 0 Å². The van der Waals surface area contributed by atoms with E-state index in [1.165, 1.54) is 44.9 Å². The third-order valence-corrected chi connectivity index (χ3v) is 3.90. The van der Waals surface area contributed by atoms with Crippen LogP contribution < -0.4 is 0 Å². The van der Waals surface area contributed by atoms with Gasteiger partial charge in [-0.05, 0) is 50.0 Å². The molecular formula is C13H20O. The van der Waals surface area contributed by atoms with Gasteiger partial charge in [-0.15, -0.1) is 0 Å². The zero-order valence-electron chi connectivity index (χ0n) is 9.14. The standard InChI is InChI=1S/C13H20O/c1-11(14)12-6-2-3-7-13(10-12)8-4-5-9-13/h10H,2-9H2,1H3. The highest BCUT2D eigenvalue weighted by atomic mass is 16.1. The second-order valence-electron chi connectivity index (χ2n) is 5.00. The highest BCUT2D eigenvalue weighted by Crippen LogP contribution is 2.46. The monoisotopic (exact) mass is 192 g/mol. The maximum atomic E-state index is 11.4. The van der Waals surface area contributed by atoms with Crippen LogP contribution in [-0.4, -0.2) is 5.78 Å². The number of carbonyl (C=O) groups excluding carboxylic acids is 1. The maximum absolute atomic E-state index is 11.4. The van der Waals surface area contributed by atoms with Gasteiger partial charge in [-0.25, -0.2) is 0 Å². The van der Waals surface area contributed by atoms with Crippen molar-refractivity contribution in [3.8, 4) is 0 Å². The van der Waals surface area contributed by atoms with Gasteiger partial charge < -0.3 is 0 Å². The van der Waals surface area contributed by atoms with E-state index in [1.807, 2.05) is 0 Å². The summed E-state index contributed by atoms with van der Waals surface area (Å²) in [5.74, 6) is 0.304. The molecule has 1 saturated carbocycles. The van der Waals surface area contributed by atoms with Crippen molar-refractivity contribution < 1.29 is 4.79 Å². The first kappa shape index (κ1) is 9.95. The van der Waals surface area contributed by atoms with E-state index in [1.54, 1.807) is 6.92 Å². The largest absolute Gasteiger partial charge is 0.295 e. The summed E-state index contributed by atoms with van der Waals surface area (Å²) < 4.78 is 0. The first-order valence-electron chi connectivity index (χ1n) is 5.95. The van der Waals surface area contributed by atoms with Crippen LogP contribution >= 0.6 is 0 Å². The molecule has 0 N–H and O–H groups in total. The Balaban J connectivity index is 2.23. The number of hydrogen-bond acceptors (Lipinski definition) is 1. The van der Waals surface area contributed by atoms with E-state index in [0.29, 0.717) is 11.2 Å². The van der Waals surface area contributed by atoms with Crippen molar-refractivity contribution in [3.05, 3.63) is 11.6 Å². The topological polar surface area (TPSA) is 17.1 Å². The van der Waals surface area contributed by atoms with Crippen molar-refractivity contribution in [2.45, 2.75) is 58.3 Å². The first-order chi connectivity index (χ1) is 6.72. The average Bonchev–Trinajstić information content (AvgIpc) is 2.47. The fourth-order valence-corrected chi connectivity index (χ4v) is 3.06. The Morgan fingerprint density at radius 1 is 1.14 bits per heavy atom. The molecule has 0 aromatic carbocycles. The van der Waals surface area contributed by atoms with Crippen LogP contribution in [0.15, 0.2) is 11.6 Å². The van der Waals surface area contributed by atoms with Gasteiger partial charge in [0.2, 0.25) is 0 Å². The minimum atomic E-state index is 0.304. The lowest BCUT2D eigenvalue weighted by atomic mass is 9.81. The van der Waals surface area contributed by atoms with Crippen molar-refractivity contribution in [1.29, 1.82) is 0 Å². The normalized spacial score (nSPS) is 25.9. The fraction of sp³-hybridized carbons (Fsp3) is 0.769. The summed E-state index contributed by atoms with van der Waals surface area (Å²) in [7, 11) is 0. The molecule has 14 heavy (non-hydrogen) atoms. The molecule has 0 aromatic rings. The Morgan fingerprint density at radius 3 is 2.29 bits per heavy atom. The van der Waals surface area contributed by atoms with Gasteiger partial charge in [0.25, 0.3) is 0 Å². The van der Waals surface area contributed by atoms with Crippen LogP contribution in [-0.2, 0) is 4.79 Å². The van der Waals surface area contributed by atoms with Crippen molar-refractivity contribution in [2.75, 3.05) is 0 Å². The highest BCUT2D eigenvalue weighted by Gasteiger charge is 2.33. The zero-order chi connectivity index (χ0) is 10.0. The summed E-state index contributed by atoms with van der Waals surface area (Å²) in [6.07, 6.45) is 12.6. The summed E-state index contributed by atoms with van der Waals surface area (Å²) in [5, 5.41) is 0. The van der Waals surface area contributed by atoms with E-state index in [2.05, 4.69) is 6.08 Å². The van der Waals surface area contributed by atoms with Gasteiger partial charge in [-0.3, -0.25) is 4.79 Å². The Labute approximate surface area is 86.6 Å². The van der Waals surface area contributed by atoms with Gasteiger partial charge in [-0.2, -0.15) is 0 Å². The van der Waals surface area contributed by atoms with Gasteiger partial charge in [0, 0.05) is 0 Å². The molecule has 0 unspecified atom stereocenters. The van der Waals surface area contributed by atoms with Crippen LogP contribution in [0.5, 0.6) is 0 Å². The third-order valence-electron chi connectivity index (χ3n) is 3.90. The van der Waals surface area contributed by atoms with Crippen LogP contribution in [0.3, 0.4) is 0 Å². The summed E-state index contributed by atoms with van der Waals surface area (Å²) in [5.41, 5.74) is 1.54. The van der Waals surface area contributed by atoms with Crippen LogP contribution in [0.4, 0.5) is 0 Å². The van der Waals surface area contributed by atoms with Crippen LogP contribution in [0.1, 0.15) is 58.3 Å². The number of allylic oxidation sites excluding steroid dienone is 2. The van der Waals surface area contributed by atoms with Crippen molar-refractivity contribution >= 4 is 5.78 Å². The van der Waals surface area contributed by atoms with Crippen LogP contribution in [0.2, 0.25) is 0 Å². The lowest BCUT2D eigenvalue weighted by Crippen LogP contribution is -2.13. The van der Waals surface area contributed by atoms with E-state index >= 15 is 0 Å². The molecule has 0 radical (unpaired) electrons. The van der Waals surface area contributed by atoms with Gasteiger partial charge in [0.15, 0.2) is 5.78 Å². The van der Waals surface area contributed by atoms with Crippen LogP contribution in [0.25, 0.3) is 0 Å². The first-order valence-corrected chi connectivity index (χ1v) is 5.95. The van der Waals surface area contributed by atoms with Crippen molar-refractivity contribution in [2.24, 2.45) is 5.41 Å². The van der Waals surface area contributed by atoms with E-state index in [4.69, 9.17) is 0 Å². The van der Waals surface area contributed by atoms with Gasteiger partial charge in [-0.1, -0.05) is 25.3 Å².